The SMILES string of the molecule is SCc1c(-c2ccco2)nn2cccnc12. The van der Waals surface area contributed by atoms with Crippen LogP contribution in [0.3, 0.4) is 0 Å². The van der Waals surface area contributed by atoms with E-state index in [0.717, 1.165) is 22.7 Å². The minimum absolute atomic E-state index is 0.580. The van der Waals surface area contributed by atoms with Gasteiger partial charge in [0, 0.05) is 23.7 Å². The van der Waals surface area contributed by atoms with Crippen LogP contribution < -0.4 is 0 Å². The number of thiol groups is 1. The predicted octanol–water partition coefficient (Wildman–Crippen LogP) is 2.42. The van der Waals surface area contributed by atoms with Gasteiger partial charge in [-0.25, -0.2) is 9.50 Å². The second-order valence-electron chi connectivity index (χ2n) is 3.35. The maximum absolute atomic E-state index is 5.35. The number of hydrogen-bond acceptors (Lipinski definition) is 4. The summed E-state index contributed by atoms with van der Waals surface area (Å²) in [7, 11) is 0. The summed E-state index contributed by atoms with van der Waals surface area (Å²) < 4.78 is 7.09. The second kappa shape index (κ2) is 3.68. The van der Waals surface area contributed by atoms with Crippen molar-refractivity contribution in [3.63, 3.8) is 0 Å². The van der Waals surface area contributed by atoms with Crippen LogP contribution in [0, 0.1) is 0 Å². The number of fused-ring (bicyclic) bond motifs is 1. The molecule has 0 atom stereocenters. The molecule has 0 unspecified atom stereocenters. The summed E-state index contributed by atoms with van der Waals surface area (Å²) in [6, 6.07) is 5.57. The van der Waals surface area contributed by atoms with Gasteiger partial charge in [0.15, 0.2) is 11.4 Å². The third-order valence-electron chi connectivity index (χ3n) is 2.40. The van der Waals surface area contributed by atoms with Gasteiger partial charge in [-0.15, -0.1) is 0 Å². The summed E-state index contributed by atoms with van der Waals surface area (Å²) in [6.07, 6.45) is 5.24. The fourth-order valence-corrected chi connectivity index (χ4v) is 1.98. The zero-order chi connectivity index (χ0) is 11.0. The lowest BCUT2D eigenvalue weighted by Gasteiger charge is -1.94. The first kappa shape index (κ1) is 9.47. The Bertz CT molecular complexity index is 615. The van der Waals surface area contributed by atoms with Gasteiger partial charge in [0.05, 0.1) is 6.26 Å². The van der Waals surface area contributed by atoms with E-state index in [1.165, 1.54) is 0 Å². The quantitative estimate of drug-likeness (QED) is 0.689. The zero-order valence-corrected chi connectivity index (χ0v) is 9.26. The van der Waals surface area contributed by atoms with Gasteiger partial charge in [0.1, 0.15) is 5.69 Å². The van der Waals surface area contributed by atoms with Crippen LogP contribution in [0.25, 0.3) is 17.1 Å². The highest BCUT2D eigenvalue weighted by Crippen LogP contribution is 2.26. The molecule has 0 aliphatic heterocycles. The smallest absolute Gasteiger partial charge is 0.159 e. The molecule has 0 fully saturated rings. The molecule has 3 aromatic heterocycles. The van der Waals surface area contributed by atoms with Crippen molar-refractivity contribution < 1.29 is 4.42 Å². The van der Waals surface area contributed by atoms with E-state index in [2.05, 4.69) is 22.7 Å². The van der Waals surface area contributed by atoms with Crippen LogP contribution in [-0.2, 0) is 5.75 Å². The number of rotatable bonds is 2. The number of hydrogen-bond donors (Lipinski definition) is 1. The Labute approximate surface area is 97.3 Å². The van der Waals surface area contributed by atoms with Crippen molar-refractivity contribution >= 4 is 18.3 Å². The third kappa shape index (κ3) is 1.32. The van der Waals surface area contributed by atoms with Crippen molar-refractivity contribution in [2.24, 2.45) is 0 Å². The van der Waals surface area contributed by atoms with E-state index in [-0.39, 0.29) is 0 Å². The van der Waals surface area contributed by atoms with Gasteiger partial charge in [-0.3, -0.25) is 0 Å². The van der Waals surface area contributed by atoms with Gasteiger partial charge < -0.3 is 4.42 Å². The molecule has 0 radical (unpaired) electrons. The zero-order valence-electron chi connectivity index (χ0n) is 8.37. The van der Waals surface area contributed by atoms with Gasteiger partial charge in [0.25, 0.3) is 0 Å². The van der Waals surface area contributed by atoms with Crippen molar-refractivity contribution in [2.75, 3.05) is 0 Å². The summed E-state index contributed by atoms with van der Waals surface area (Å²) in [5.74, 6) is 1.32. The highest BCUT2D eigenvalue weighted by atomic mass is 32.1. The molecule has 3 aromatic rings. The molecule has 0 aliphatic rings. The van der Waals surface area contributed by atoms with Crippen molar-refractivity contribution in [2.45, 2.75) is 5.75 Å². The summed E-state index contributed by atoms with van der Waals surface area (Å²) in [6.45, 7) is 0. The first-order valence-electron chi connectivity index (χ1n) is 4.87. The third-order valence-corrected chi connectivity index (χ3v) is 2.72. The largest absolute Gasteiger partial charge is 0.463 e. The number of furan rings is 1. The summed E-state index contributed by atoms with van der Waals surface area (Å²) in [5.41, 5.74) is 2.61. The average molecular weight is 231 g/mol. The molecule has 0 aromatic carbocycles. The van der Waals surface area contributed by atoms with E-state index >= 15 is 0 Å². The van der Waals surface area contributed by atoms with Crippen LogP contribution in [0.15, 0.2) is 41.3 Å². The molecule has 3 heterocycles. The predicted molar refractivity (Wildman–Crippen MR) is 63.4 cm³/mol. The topological polar surface area (TPSA) is 43.3 Å². The fraction of sp³-hybridized carbons (Fsp3) is 0.0909. The van der Waals surface area contributed by atoms with E-state index in [4.69, 9.17) is 4.42 Å². The molecule has 0 aliphatic carbocycles. The van der Waals surface area contributed by atoms with E-state index in [9.17, 15) is 0 Å². The molecular weight excluding hydrogens is 222 g/mol. The van der Waals surface area contributed by atoms with Crippen LogP contribution >= 0.6 is 12.6 Å². The molecule has 0 saturated heterocycles. The van der Waals surface area contributed by atoms with E-state index in [1.807, 2.05) is 24.4 Å². The van der Waals surface area contributed by atoms with Crippen molar-refractivity contribution in [1.29, 1.82) is 0 Å². The van der Waals surface area contributed by atoms with Crippen LogP contribution in [0.5, 0.6) is 0 Å². The minimum atomic E-state index is 0.580. The molecule has 0 spiro atoms. The van der Waals surface area contributed by atoms with E-state index in [0.29, 0.717) is 5.75 Å². The van der Waals surface area contributed by atoms with E-state index < -0.39 is 0 Å². The lowest BCUT2D eigenvalue weighted by molar-refractivity contribution is 0.579. The molecule has 0 saturated carbocycles. The van der Waals surface area contributed by atoms with Gasteiger partial charge in [-0.2, -0.15) is 17.7 Å². The molecule has 16 heavy (non-hydrogen) atoms. The molecule has 0 amide bonds. The van der Waals surface area contributed by atoms with Crippen molar-refractivity contribution in [3.05, 3.63) is 42.4 Å². The Morgan fingerprint density at radius 2 is 2.31 bits per heavy atom. The highest BCUT2D eigenvalue weighted by molar-refractivity contribution is 7.79. The van der Waals surface area contributed by atoms with Crippen LogP contribution in [0.2, 0.25) is 0 Å². The van der Waals surface area contributed by atoms with Crippen molar-refractivity contribution in [1.82, 2.24) is 14.6 Å². The molecule has 4 nitrogen and oxygen atoms in total. The fourth-order valence-electron chi connectivity index (χ4n) is 1.69. The lowest BCUT2D eigenvalue weighted by Crippen LogP contribution is -1.87. The summed E-state index contributed by atoms with van der Waals surface area (Å²) in [5, 5.41) is 4.44. The molecular formula is C11H9N3OS. The van der Waals surface area contributed by atoms with Gasteiger partial charge >= 0.3 is 0 Å². The number of aromatic nitrogens is 3. The van der Waals surface area contributed by atoms with Crippen LogP contribution in [-0.4, -0.2) is 14.6 Å². The van der Waals surface area contributed by atoms with Crippen LogP contribution in [0.1, 0.15) is 5.56 Å². The summed E-state index contributed by atoms with van der Waals surface area (Å²) in [4.78, 5) is 4.29. The normalized spacial score (nSPS) is 11.1. The molecule has 0 N–H and O–H groups in total. The molecule has 0 bridgehead atoms. The Balaban J connectivity index is 2.32. The molecule has 3 rings (SSSR count). The van der Waals surface area contributed by atoms with Gasteiger partial charge in [0.2, 0.25) is 0 Å². The lowest BCUT2D eigenvalue weighted by atomic mass is 10.2. The molecule has 5 heteroatoms. The van der Waals surface area contributed by atoms with Crippen molar-refractivity contribution in [3.8, 4) is 11.5 Å². The maximum Gasteiger partial charge on any atom is 0.159 e. The minimum Gasteiger partial charge on any atom is -0.463 e. The Hall–Kier alpha value is -1.75. The van der Waals surface area contributed by atoms with E-state index in [1.54, 1.807) is 17.0 Å². The number of nitrogens with zero attached hydrogens (tertiary/aromatic N) is 3. The van der Waals surface area contributed by atoms with Gasteiger partial charge in [-0.1, -0.05) is 0 Å². The first-order valence-corrected chi connectivity index (χ1v) is 5.50. The Morgan fingerprint density at radius 1 is 1.38 bits per heavy atom. The maximum atomic E-state index is 5.35. The average Bonchev–Trinajstić information content (AvgIpc) is 2.95. The monoisotopic (exact) mass is 231 g/mol. The highest BCUT2D eigenvalue weighted by Gasteiger charge is 2.15. The van der Waals surface area contributed by atoms with Gasteiger partial charge in [-0.05, 0) is 18.2 Å². The molecule has 80 valence electrons. The Morgan fingerprint density at radius 3 is 3.06 bits per heavy atom. The first-order chi connectivity index (χ1) is 7.90. The Kier molecular flexibility index (Phi) is 2.18. The standard InChI is InChI=1S/C11H9N3OS/c16-7-8-10(9-3-1-6-15-9)13-14-5-2-4-12-11(8)14/h1-6,16H,7H2. The van der Waals surface area contributed by atoms with Crippen LogP contribution in [0.4, 0.5) is 0 Å². The summed E-state index contributed by atoms with van der Waals surface area (Å²) >= 11 is 4.32. The second-order valence-corrected chi connectivity index (χ2v) is 3.67.